The van der Waals surface area contributed by atoms with Gasteiger partial charge in [0.2, 0.25) is 0 Å². The summed E-state index contributed by atoms with van der Waals surface area (Å²) in [5.74, 6) is -0.607. The molecule has 0 radical (unpaired) electrons. The van der Waals surface area contributed by atoms with Crippen molar-refractivity contribution in [3.63, 3.8) is 0 Å². The molecule has 0 saturated heterocycles. The minimum atomic E-state index is -1.20. The van der Waals surface area contributed by atoms with Crippen LogP contribution in [0.3, 0.4) is 0 Å². The van der Waals surface area contributed by atoms with Gasteiger partial charge in [-0.1, -0.05) is 67.4 Å². The fourth-order valence-corrected chi connectivity index (χ4v) is 2.78. The molecule has 0 amide bonds. The van der Waals surface area contributed by atoms with E-state index in [0.29, 0.717) is 6.42 Å². The minimum absolute atomic E-state index is 0.231. The van der Waals surface area contributed by atoms with Crippen molar-refractivity contribution in [3.05, 3.63) is 35.9 Å². The zero-order chi connectivity index (χ0) is 15.4. The van der Waals surface area contributed by atoms with Crippen LogP contribution in [0.4, 0.5) is 0 Å². The zero-order valence-electron chi connectivity index (χ0n) is 11.8. The fraction of sp³-hybridized carbons (Fsp3) is 0.533. The van der Waals surface area contributed by atoms with E-state index >= 15 is 0 Å². The van der Waals surface area contributed by atoms with E-state index < -0.39 is 15.9 Å². The average Bonchev–Trinajstić information content (AvgIpc) is 2.38. The van der Waals surface area contributed by atoms with Crippen LogP contribution in [0.5, 0.6) is 0 Å². The van der Waals surface area contributed by atoms with Crippen LogP contribution >= 0.6 is 34.8 Å². The molecule has 1 aromatic rings. The van der Waals surface area contributed by atoms with Crippen LogP contribution in [0.1, 0.15) is 39.2 Å². The van der Waals surface area contributed by atoms with Crippen molar-refractivity contribution < 1.29 is 9.53 Å². The Bertz CT molecular complexity index is 446. The highest BCUT2D eigenvalue weighted by atomic mass is 35.5. The maximum atomic E-state index is 12.0. The highest BCUT2D eigenvalue weighted by molar-refractivity contribution is 6.44. The monoisotopic (exact) mass is 336 g/mol. The van der Waals surface area contributed by atoms with Crippen LogP contribution in [0.25, 0.3) is 0 Å². The van der Waals surface area contributed by atoms with E-state index in [1.54, 1.807) is 6.92 Å². The molecule has 0 bridgehead atoms. The Hall–Kier alpha value is -0.440. The lowest BCUT2D eigenvalue weighted by atomic mass is 9.73. The molecule has 1 aromatic carbocycles. The van der Waals surface area contributed by atoms with Crippen LogP contribution in [-0.2, 0) is 14.9 Å². The van der Waals surface area contributed by atoms with Gasteiger partial charge in [0.15, 0.2) is 0 Å². The van der Waals surface area contributed by atoms with E-state index in [1.807, 2.05) is 30.3 Å². The smallest absolute Gasteiger partial charge is 0.329 e. The molecule has 2 nitrogen and oxygen atoms in total. The fourth-order valence-electron chi connectivity index (χ4n) is 2.28. The first kappa shape index (κ1) is 17.6. The molecule has 0 spiro atoms. The minimum Gasteiger partial charge on any atom is -0.430 e. The second-order valence-electron chi connectivity index (χ2n) is 5.32. The van der Waals surface area contributed by atoms with Gasteiger partial charge in [-0.25, -0.2) is 0 Å². The van der Waals surface area contributed by atoms with Crippen molar-refractivity contribution >= 4 is 40.8 Å². The lowest BCUT2D eigenvalue weighted by Gasteiger charge is -2.34. The van der Waals surface area contributed by atoms with Crippen molar-refractivity contribution in [1.82, 2.24) is 0 Å². The van der Waals surface area contributed by atoms with Gasteiger partial charge >= 0.3 is 5.97 Å². The molecule has 0 aliphatic rings. The number of esters is 1. The van der Waals surface area contributed by atoms with Gasteiger partial charge in [0.1, 0.15) is 4.87 Å². The summed E-state index contributed by atoms with van der Waals surface area (Å²) in [5, 5.41) is -1.20. The van der Waals surface area contributed by atoms with Crippen molar-refractivity contribution in [3.8, 4) is 0 Å². The standard InChI is InChI=1S/C15H19Cl3O2/c1-4-14(2,11-8-6-5-7-9-11)10-15(3,18)12(19)20-13(16)17/h5-9,13H,4,10H2,1-3H3. The summed E-state index contributed by atoms with van der Waals surface area (Å²) in [5.41, 5.74) is 0.903. The quantitative estimate of drug-likeness (QED) is 0.536. The Labute approximate surface area is 135 Å². The van der Waals surface area contributed by atoms with E-state index in [0.717, 1.165) is 12.0 Å². The zero-order valence-corrected chi connectivity index (χ0v) is 14.1. The van der Waals surface area contributed by atoms with Gasteiger partial charge in [-0.2, -0.15) is 0 Å². The molecule has 0 saturated carbocycles. The third kappa shape index (κ3) is 4.54. The molecule has 0 aliphatic heterocycles. The van der Waals surface area contributed by atoms with E-state index in [2.05, 4.69) is 13.8 Å². The lowest BCUT2D eigenvalue weighted by Crippen LogP contribution is -2.39. The van der Waals surface area contributed by atoms with Crippen LogP contribution in [-0.4, -0.2) is 15.9 Å². The SMILES string of the molecule is CCC(C)(CC(C)(Cl)C(=O)OC(Cl)Cl)c1ccccc1. The number of ether oxygens (including phenoxy) is 1. The molecule has 0 fully saturated rings. The average molecular weight is 338 g/mol. The summed E-state index contributed by atoms with van der Waals surface area (Å²) in [6.07, 6.45) is 1.28. The number of carbonyl (C=O) groups is 1. The van der Waals surface area contributed by atoms with Crippen LogP contribution in [0.15, 0.2) is 30.3 Å². The van der Waals surface area contributed by atoms with Gasteiger partial charge in [-0.3, -0.25) is 4.79 Å². The Balaban J connectivity index is 2.95. The third-order valence-electron chi connectivity index (χ3n) is 3.59. The molecule has 0 aromatic heterocycles. The van der Waals surface area contributed by atoms with Gasteiger partial charge in [-0.05, 0) is 30.7 Å². The van der Waals surface area contributed by atoms with Crippen LogP contribution in [0, 0.1) is 0 Å². The maximum Gasteiger partial charge on any atom is 0.329 e. The highest BCUT2D eigenvalue weighted by Gasteiger charge is 2.41. The Morgan fingerprint density at radius 2 is 1.80 bits per heavy atom. The van der Waals surface area contributed by atoms with Gasteiger partial charge < -0.3 is 4.74 Å². The normalized spacial score (nSPS) is 17.4. The number of benzene rings is 1. The Kier molecular flexibility index (Phi) is 6.18. The van der Waals surface area contributed by atoms with Gasteiger partial charge in [0.25, 0.3) is 5.02 Å². The highest BCUT2D eigenvalue weighted by Crippen LogP contribution is 2.39. The largest absolute Gasteiger partial charge is 0.430 e. The van der Waals surface area contributed by atoms with Crippen molar-refractivity contribution in [2.24, 2.45) is 0 Å². The van der Waals surface area contributed by atoms with Gasteiger partial charge in [0, 0.05) is 0 Å². The number of carbonyl (C=O) groups excluding carboxylic acids is 1. The van der Waals surface area contributed by atoms with Crippen molar-refractivity contribution in [1.29, 1.82) is 0 Å². The summed E-state index contributed by atoms with van der Waals surface area (Å²) in [6.45, 7) is 5.77. The summed E-state index contributed by atoms with van der Waals surface area (Å²) >= 11 is 17.3. The van der Waals surface area contributed by atoms with Crippen molar-refractivity contribution in [2.75, 3.05) is 0 Å². The molecule has 0 N–H and O–H groups in total. The first-order chi connectivity index (χ1) is 9.21. The summed E-state index contributed by atoms with van der Waals surface area (Å²) in [4.78, 5) is 10.8. The molecule has 1 rings (SSSR count). The summed E-state index contributed by atoms with van der Waals surface area (Å²) in [6, 6.07) is 9.97. The number of hydrogen-bond donors (Lipinski definition) is 0. The first-order valence-corrected chi connectivity index (χ1v) is 7.70. The second kappa shape index (κ2) is 7.02. The van der Waals surface area contributed by atoms with E-state index in [1.165, 1.54) is 0 Å². The Morgan fingerprint density at radius 1 is 1.25 bits per heavy atom. The molecular weight excluding hydrogens is 319 g/mol. The second-order valence-corrected chi connectivity index (χ2v) is 7.17. The maximum absolute atomic E-state index is 12.0. The summed E-state index contributed by atoms with van der Waals surface area (Å²) < 4.78 is 4.80. The van der Waals surface area contributed by atoms with E-state index in [-0.39, 0.29) is 5.41 Å². The van der Waals surface area contributed by atoms with Crippen molar-refractivity contribution in [2.45, 2.75) is 48.9 Å². The predicted molar refractivity (Wildman–Crippen MR) is 84.5 cm³/mol. The molecular formula is C15H19Cl3O2. The number of hydrogen-bond acceptors (Lipinski definition) is 2. The molecule has 0 heterocycles. The van der Waals surface area contributed by atoms with Gasteiger partial charge in [-0.15, -0.1) is 11.6 Å². The molecule has 0 aliphatic carbocycles. The Morgan fingerprint density at radius 3 is 2.25 bits per heavy atom. The molecule has 20 heavy (non-hydrogen) atoms. The molecule has 5 heteroatoms. The summed E-state index contributed by atoms with van der Waals surface area (Å²) in [7, 11) is 0. The van der Waals surface area contributed by atoms with E-state index in [9.17, 15) is 4.79 Å². The number of rotatable bonds is 6. The molecule has 2 atom stereocenters. The molecule has 2 unspecified atom stereocenters. The van der Waals surface area contributed by atoms with Crippen LogP contribution in [0.2, 0.25) is 0 Å². The van der Waals surface area contributed by atoms with Crippen LogP contribution < -0.4 is 0 Å². The van der Waals surface area contributed by atoms with E-state index in [4.69, 9.17) is 39.5 Å². The number of alkyl halides is 3. The van der Waals surface area contributed by atoms with Gasteiger partial charge in [0.05, 0.1) is 0 Å². The predicted octanol–water partition coefficient (Wildman–Crippen LogP) is 5.05. The topological polar surface area (TPSA) is 26.3 Å². The lowest BCUT2D eigenvalue weighted by molar-refractivity contribution is -0.146. The third-order valence-corrected chi connectivity index (χ3v) is 4.06. The molecule has 112 valence electrons. The first-order valence-electron chi connectivity index (χ1n) is 6.45. The number of halogens is 3.